The largest absolute Gasteiger partial charge is 0.356 e. The van der Waals surface area contributed by atoms with Gasteiger partial charge in [-0.05, 0) is 78.8 Å². The van der Waals surface area contributed by atoms with Crippen LogP contribution >= 0.6 is 22.6 Å². The van der Waals surface area contributed by atoms with Crippen molar-refractivity contribution < 1.29 is 22.7 Å². The number of carbonyl (C=O) groups excluding carboxylic acids is 1. The zero-order valence-electron chi connectivity index (χ0n) is 20.9. The first-order valence-corrected chi connectivity index (χ1v) is 14.8. The maximum atomic E-state index is 14.8. The first kappa shape index (κ1) is 26.6. The number of fused-ring (bicyclic) bond motifs is 1. The molecule has 0 saturated heterocycles. The van der Waals surface area contributed by atoms with Gasteiger partial charge in [0.2, 0.25) is 6.35 Å². The van der Waals surface area contributed by atoms with Gasteiger partial charge in [0.05, 0.1) is 22.0 Å². The van der Waals surface area contributed by atoms with Crippen LogP contribution in [0, 0.1) is 16.3 Å². The molecule has 38 heavy (non-hydrogen) atoms. The summed E-state index contributed by atoms with van der Waals surface area (Å²) < 4.78 is 42.0. The van der Waals surface area contributed by atoms with Crippen LogP contribution in [0.1, 0.15) is 35.7 Å². The van der Waals surface area contributed by atoms with E-state index in [1.807, 2.05) is 22.6 Å². The molecule has 2 N–H and O–H groups in total. The Morgan fingerprint density at radius 3 is 2.50 bits per heavy atom. The number of aliphatic hydroxyl groups is 1. The highest BCUT2D eigenvalue weighted by molar-refractivity contribution is 14.1. The minimum Gasteiger partial charge on any atom is -0.356 e. The number of hydrogen-bond acceptors (Lipinski definition) is 7. The topological polar surface area (TPSA) is 112 Å². The molecule has 1 aliphatic carbocycles. The number of nitrogens with zero attached hydrogens (tertiary/aromatic N) is 3. The number of nitrogens with one attached hydrogen (secondary N) is 1. The fraction of sp³-hybridized carbons (Fsp3) is 0.308. The van der Waals surface area contributed by atoms with Crippen molar-refractivity contribution in [3.8, 4) is 0 Å². The van der Waals surface area contributed by atoms with Crippen LogP contribution in [-0.4, -0.2) is 47.0 Å². The molecule has 1 fully saturated rings. The Balaban J connectivity index is 1.78. The van der Waals surface area contributed by atoms with E-state index in [4.69, 9.17) is 0 Å². The van der Waals surface area contributed by atoms with Crippen LogP contribution < -0.4 is 15.8 Å². The molecule has 1 aromatic heterocycles. The molecule has 5 rings (SSSR count). The number of benzene rings is 2. The predicted molar refractivity (Wildman–Crippen MR) is 150 cm³/mol. The van der Waals surface area contributed by atoms with Crippen LogP contribution in [-0.2, 0) is 16.9 Å². The van der Waals surface area contributed by atoms with Crippen LogP contribution in [0.5, 0.6) is 0 Å². The van der Waals surface area contributed by atoms with Gasteiger partial charge in [-0.25, -0.2) is 12.8 Å². The van der Waals surface area contributed by atoms with Gasteiger partial charge >= 0.3 is 0 Å². The molecule has 1 unspecified atom stereocenters. The van der Waals surface area contributed by atoms with Crippen molar-refractivity contribution in [1.29, 1.82) is 0 Å². The lowest BCUT2D eigenvalue weighted by atomic mass is 10.0. The third kappa shape index (κ3) is 4.37. The minimum atomic E-state index is -3.57. The van der Waals surface area contributed by atoms with E-state index in [1.54, 1.807) is 25.1 Å². The number of amides is 1. The Kier molecular flexibility index (Phi) is 6.76. The van der Waals surface area contributed by atoms with Gasteiger partial charge in [-0.1, -0.05) is 13.0 Å². The van der Waals surface area contributed by atoms with Crippen LogP contribution in [0.25, 0.3) is 0 Å². The number of pyridine rings is 1. The van der Waals surface area contributed by atoms with E-state index in [0.29, 0.717) is 22.1 Å². The van der Waals surface area contributed by atoms with Gasteiger partial charge in [0, 0.05) is 27.9 Å². The molecule has 1 aliphatic heterocycles. The normalized spacial score (nSPS) is 17.5. The summed E-state index contributed by atoms with van der Waals surface area (Å²) in [4.78, 5) is 30.1. The Hall–Kier alpha value is -2.97. The number of halogens is 2. The summed E-state index contributed by atoms with van der Waals surface area (Å²) in [6.07, 6.45) is -0.0962. The van der Waals surface area contributed by atoms with E-state index < -0.39 is 33.5 Å². The van der Waals surface area contributed by atoms with Gasteiger partial charge < -0.3 is 10.4 Å². The number of aliphatic hydroxyl groups excluding tert-OH is 1. The van der Waals surface area contributed by atoms with E-state index in [2.05, 4.69) is 5.32 Å². The number of hydrogen-bond donors (Lipinski definition) is 2. The highest BCUT2D eigenvalue weighted by atomic mass is 127. The van der Waals surface area contributed by atoms with Gasteiger partial charge in [0.25, 0.3) is 11.5 Å². The van der Waals surface area contributed by atoms with Crippen molar-refractivity contribution in [1.82, 2.24) is 9.47 Å². The highest BCUT2D eigenvalue weighted by Crippen LogP contribution is 2.45. The van der Waals surface area contributed by atoms with Crippen LogP contribution in [0.15, 0.2) is 52.2 Å². The first-order valence-electron chi connectivity index (χ1n) is 12.0. The molecule has 9 nitrogen and oxygen atoms in total. The lowest BCUT2D eigenvalue weighted by Crippen LogP contribution is -2.55. The fourth-order valence-corrected chi connectivity index (χ4v) is 6.10. The third-order valence-electron chi connectivity index (χ3n) is 6.92. The monoisotopic (exact) mass is 652 g/mol. The second kappa shape index (κ2) is 9.65. The van der Waals surface area contributed by atoms with Crippen molar-refractivity contribution in [2.45, 2.75) is 44.0 Å². The number of carbonyl (C=O) groups is 1. The van der Waals surface area contributed by atoms with Crippen molar-refractivity contribution in [3.05, 3.63) is 73.3 Å². The molecule has 2 aromatic carbocycles. The second-order valence-electron chi connectivity index (χ2n) is 9.37. The molecule has 200 valence electrons. The predicted octanol–water partition coefficient (Wildman–Crippen LogP) is 4.01. The molecule has 0 bridgehead atoms. The molecule has 1 saturated carbocycles. The summed E-state index contributed by atoms with van der Waals surface area (Å²) in [5, 5.41) is 14.4. The number of sulfone groups is 1. The molecule has 0 radical (unpaired) electrons. The fourth-order valence-electron chi connectivity index (χ4n) is 4.73. The SMILES string of the molecule is CCS(=O)(=O)c1cccc(N2c3c(c(Nc4ccc(I)cc4F)n(C)c(=O)c3C)C(=O)N(C3CC3)C2O)c1. The summed E-state index contributed by atoms with van der Waals surface area (Å²) >= 11 is 1.99. The van der Waals surface area contributed by atoms with Gasteiger partial charge in [0.15, 0.2) is 9.84 Å². The minimum absolute atomic E-state index is 0.0573. The Bertz CT molecular complexity index is 1640. The van der Waals surface area contributed by atoms with Crippen LogP contribution in [0.4, 0.5) is 27.3 Å². The first-order chi connectivity index (χ1) is 18.0. The van der Waals surface area contributed by atoms with Gasteiger partial charge in [-0.3, -0.25) is 24.0 Å². The Morgan fingerprint density at radius 2 is 1.87 bits per heavy atom. The second-order valence-corrected chi connectivity index (χ2v) is 12.9. The van der Waals surface area contributed by atoms with E-state index in [1.165, 1.54) is 52.6 Å². The molecule has 1 amide bonds. The zero-order chi connectivity index (χ0) is 27.5. The lowest BCUT2D eigenvalue weighted by molar-refractivity contribution is 0.00335. The quantitative estimate of drug-likeness (QED) is 0.388. The van der Waals surface area contributed by atoms with E-state index >= 15 is 0 Å². The van der Waals surface area contributed by atoms with E-state index in [0.717, 1.165) is 0 Å². The highest BCUT2D eigenvalue weighted by Gasteiger charge is 2.47. The van der Waals surface area contributed by atoms with Crippen molar-refractivity contribution in [2.75, 3.05) is 16.0 Å². The Labute approximate surface area is 232 Å². The molecular formula is C26H26FIN4O5S. The average Bonchev–Trinajstić information content (AvgIpc) is 3.72. The number of anilines is 4. The smallest absolute Gasteiger partial charge is 0.263 e. The summed E-state index contributed by atoms with van der Waals surface area (Å²) in [5.74, 6) is -1.11. The summed E-state index contributed by atoms with van der Waals surface area (Å²) in [6.45, 7) is 3.08. The van der Waals surface area contributed by atoms with Crippen LogP contribution in [0.3, 0.4) is 0 Å². The van der Waals surface area contributed by atoms with E-state index in [9.17, 15) is 27.5 Å². The van der Waals surface area contributed by atoms with E-state index in [-0.39, 0.29) is 45.0 Å². The molecule has 3 aromatic rings. The standard InChI is InChI=1S/C26H26FIN4O5S/c1-4-38(36,37)18-7-5-6-17(13-18)31-22-14(2)24(33)30(3)23(29-20-11-8-15(28)12-19(20)27)21(22)25(34)32(26(31)35)16-9-10-16/h5-8,11-13,16,26,29,35H,4,9-10H2,1-3H3. The molecule has 2 heterocycles. The molecule has 2 aliphatic rings. The zero-order valence-corrected chi connectivity index (χ0v) is 23.9. The van der Waals surface area contributed by atoms with Gasteiger partial charge in [-0.2, -0.15) is 0 Å². The lowest BCUT2D eigenvalue weighted by Gasteiger charge is -2.44. The summed E-state index contributed by atoms with van der Waals surface area (Å²) in [6, 6.07) is 10.4. The summed E-state index contributed by atoms with van der Waals surface area (Å²) in [7, 11) is -2.09. The Morgan fingerprint density at radius 1 is 1.16 bits per heavy atom. The van der Waals surface area contributed by atoms with Crippen molar-refractivity contribution in [3.63, 3.8) is 0 Å². The summed E-state index contributed by atoms with van der Waals surface area (Å²) in [5.41, 5.74) is 0.327. The molecule has 12 heteroatoms. The van der Waals surface area contributed by atoms with Crippen molar-refractivity contribution >= 4 is 61.2 Å². The molecular weight excluding hydrogens is 626 g/mol. The number of aromatic nitrogens is 1. The molecule has 0 spiro atoms. The van der Waals surface area contributed by atoms with Crippen LogP contribution in [0.2, 0.25) is 0 Å². The van der Waals surface area contributed by atoms with Gasteiger partial charge in [-0.15, -0.1) is 0 Å². The van der Waals surface area contributed by atoms with Crippen molar-refractivity contribution in [2.24, 2.45) is 7.05 Å². The average molecular weight is 652 g/mol. The van der Waals surface area contributed by atoms with Gasteiger partial charge in [0.1, 0.15) is 17.2 Å². The number of rotatable bonds is 6. The maximum absolute atomic E-state index is 14.8. The molecule has 1 atom stereocenters. The third-order valence-corrected chi connectivity index (χ3v) is 9.32. The maximum Gasteiger partial charge on any atom is 0.263 e.